The quantitative estimate of drug-likeness (QED) is 0.769. The van der Waals surface area contributed by atoms with Crippen LogP contribution in [0, 0.1) is 0 Å². The Bertz CT molecular complexity index is 419. The maximum atomic E-state index is 11.2. The molecule has 16 heavy (non-hydrogen) atoms. The van der Waals surface area contributed by atoms with Gasteiger partial charge in [-0.05, 0) is 12.0 Å². The molecule has 1 aliphatic rings. The Kier molecular flexibility index (Phi) is 2.91. The zero-order valence-electron chi connectivity index (χ0n) is 9.10. The molecule has 0 aromatic heterocycles. The van der Waals surface area contributed by atoms with Crippen molar-refractivity contribution in [2.75, 3.05) is 0 Å². The van der Waals surface area contributed by atoms with Crippen LogP contribution in [0.5, 0.6) is 0 Å². The first-order valence-corrected chi connectivity index (χ1v) is 5.42. The Labute approximate surface area is 95.5 Å². The molecule has 2 nitrogen and oxygen atoms in total. The standard InChI is InChI=1S/C14H15NO/c15-13(16)11-14(9-5-2-6-10-14)12-7-3-1-4-8-12/h1,3-10H,2,11H2,(H2,15,16). The van der Waals surface area contributed by atoms with Gasteiger partial charge in [0, 0.05) is 11.8 Å². The van der Waals surface area contributed by atoms with Gasteiger partial charge >= 0.3 is 0 Å². The zero-order valence-corrected chi connectivity index (χ0v) is 9.10. The summed E-state index contributed by atoms with van der Waals surface area (Å²) in [6.07, 6.45) is 9.56. The maximum absolute atomic E-state index is 11.2. The minimum Gasteiger partial charge on any atom is -0.370 e. The third kappa shape index (κ3) is 2.06. The Morgan fingerprint density at radius 3 is 2.38 bits per heavy atom. The second kappa shape index (κ2) is 4.35. The smallest absolute Gasteiger partial charge is 0.218 e. The van der Waals surface area contributed by atoms with E-state index in [0.29, 0.717) is 6.42 Å². The van der Waals surface area contributed by atoms with Crippen molar-refractivity contribution in [1.29, 1.82) is 0 Å². The van der Waals surface area contributed by atoms with Crippen molar-refractivity contribution in [3.8, 4) is 0 Å². The molecule has 1 aliphatic carbocycles. The van der Waals surface area contributed by atoms with Crippen LogP contribution in [-0.4, -0.2) is 5.91 Å². The van der Waals surface area contributed by atoms with Crippen molar-refractivity contribution in [3.05, 3.63) is 60.2 Å². The lowest BCUT2D eigenvalue weighted by atomic mass is 9.75. The molecule has 0 spiro atoms. The van der Waals surface area contributed by atoms with Gasteiger partial charge in [-0.15, -0.1) is 0 Å². The lowest BCUT2D eigenvalue weighted by Gasteiger charge is -2.28. The molecule has 0 aliphatic heterocycles. The highest BCUT2D eigenvalue weighted by Crippen LogP contribution is 2.33. The van der Waals surface area contributed by atoms with E-state index in [1.54, 1.807) is 0 Å². The second-order valence-electron chi connectivity index (χ2n) is 4.09. The van der Waals surface area contributed by atoms with E-state index in [2.05, 4.69) is 24.3 Å². The average molecular weight is 213 g/mol. The summed E-state index contributed by atoms with van der Waals surface area (Å²) in [5.41, 5.74) is 6.11. The van der Waals surface area contributed by atoms with Crippen LogP contribution in [-0.2, 0) is 10.2 Å². The highest BCUT2D eigenvalue weighted by Gasteiger charge is 2.29. The largest absolute Gasteiger partial charge is 0.370 e. The topological polar surface area (TPSA) is 43.1 Å². The Morgan fingerprint density at radius 1 is 1.19 bits per heavy atom. The summed E-state index contributed by atoms with van der Waals surface area (Å²) in [6.45, 7) is 0. The van der Waals surface area contributed by atoms with Crippen LogP contribution in [0.3, 0.4) is 0 Å². The first kappa shape index (κ1) is 10.7. The molecule has 2 N–H and O–H groups in total. The molecule has 0 fully saturated rings. The van der Waals surface area contributed by atoms with Crippen LogP contribution in [0.2, 0.25) is 0 Å². The van der Waals surface area contributed by atoms with Gasteiger partial charge in [0.25, 0.3) is 0 Å². The first-order valence-electron chi connectivity index (χ1n) is 5.42. The molecule has 1 aromatic rings. The lowest BCUT2D eigenvalue weighted by Crippen LogP contribution is -2.29. The van der Waals surface area contributed by atoms with Gasteiger partial charge < -0.3 is 5.73 Å². The summed E-state index contributed by atoms with van der Waals surface area (Å²) < 4.78 is 0. The van der Waals surface area contributed by atoms with Crippen molar-refractivity contribution in [2.45, 2.75) is 18.3 Å². The second-order valence-corrected chi connectivity index (χ2v) is 4.09. The van der Waals surface area contributed by atoms with Crippen LogP contribution in [0.4, 0.5) is 0 Å². The number of amides is 1. The first-order chi connectivity index (χ1) is 7.73. The molecule has 2 rings (SSSR count). The SMILES string of the molecule is NC(=O)CC1(c2ccccc2)C=CCC=C1. The van der Waals surface area contributed by atoms with Gasteiger partial charge in [-0.1, -0.05) is 54.6 Å². The highest BCUT2D eigenvalue weighted by atomic mass is 16.1. The van der Waals surface area contributed by atoms with E-state index in [1.807, 2.05) is 30.3 Å². The van der Waals surface area contributed by atoms with Gasteiger partial charge in [-0.3, -0.25) is 4.79 Å². The van der Waals surface area contributed by atoms with Crippen molar-refractivity contribution < 1.29 is 4.79 Å². The molecule has 2 heteroatoms. The molecular formula is C14H15NO. The number of allylic oxidation sites excluding steroid dienone is 4. The van der Waals surface area contributed by atoms with E-state index >= 15 is 0 Å². The molecule has 0 saturated heterocycles. The van der Waals surface area contributed by atoms with Gasteiger partial charge in [0.05, 0.1) is 0 Å². The highest BCUT2D eigenvalue weighted by molar-refractivity contribution is 5.77. The number of hydrogen-bond donors (Lipinski definition) is 1. The van der Waals surface area contributed by atoms with E-state index in [-0.39, 0.29) is 11.3 Å². The van der Waals surface area contributed by atoms with Gasteiger partial charge in [-0.2, -0.15) is 0 Å². The molecule has 82 valence electrons. The van der Waals surface area contributed by atoms with E-state index in [1.165, 1.54) is 0 Å². The summed E-state index contributed by atoms with van der Waals surface area (Å²) in [5.74, 6) is -0.278. The molecule has 1 amide bonds. The summed E-state index contributed by atoms with van der Waals surface area (Å²) in [5, 5.41) is 0. The van der Waals surface area contributed by atoms with Crippen LogP contribution >= 0.6 is 0 Å². The lowest BCUT2D eigenvalue weighted by molar-refractivity contribution is -0.118. The molecule has 0 unspecified atom stereocenters. The van der Waals surface area contributed by atoms with E-state index in [0.717, 1.165) is 12.0 Å². The van der Waals surface area contributed by atoms with Crippen molar-refractivity contribution in [2.24, 2.45) is 5.73 Å². The summed E-state index contributed by atoms with van der Waals surface area (Å²) >= 11 is 0. The minimum absolute atomic E-state index is 0.278. The van der Waals surface area contributed by atoms with E-state index < -0.39 is 0 Å². The number of carbonyl (C=O) groups excluding carboxylic acids is 1. The van der Waals surface area contributed by atoms with Gasteiger partial charge in [0.2, 0.25) is 5.91 Å². The van der Waals surface area contributed by atoms with Crippen LogP contribution in [0.1, 0.15) is 18.4 Å². The number of rotatable bonds is 3. The molecule has 0 bridgehead atoms. The van der Waals surface area contributed by atoms with Crippen molar-refractivity contribution in [1.82, 2.24) is 0 Å². The summed E-state index contributed by atoms with van der Waals surface area (Å²) in [4.78, 5) is 11.2. The molecule has 0 radical (unpaired) electrons. The zero-order chi connectivity index (χ0) is 11.4. The number of primary amides is 1. The van der Waals surface area contributed by atoms with Crippen molar-refractivity contribution in [3.63, 3.8) is 0 Å². The van der Waals surface area contributed by atoms with Crippen molar-refractivity contribution >= 4 is 5.91 Å². The Hall–Kier alpha value is -1.83. The van der Waals surface area contributed by atoms with Crippen LogP contribution in [0.25, 0.3) is 0 Å². The summed E-state index contributed by atoms with van der Waals surface area (Å²) in [6, 6.07) is 9.99. The van der Waals surface area contributed by atoms with E-state index in [4.69, 9.17) is 5.73 Å². The number of carbonyl (C=O) groups is 1. The van der Waals surface area contributed by atoms with Crippen LogP contribution in [0.15, 0.2) is 54.6 Å². The normalized spacial score (nSPS) is 17.2. The van der Waals surface area contributed by atoms with Gasteiger partial charge in [-0.25, -0.2) is 0 Å². The fourth-order valence-electron chi connectivity index (χ4n) is 2.14. The minimum atomic E-state index is -0.342. The predicted octanol–water partition coefficient (Wildman–Crippen LogP) is 2.32. The van der Waals surface area contributed by atoms with E-state index in [9.17, 15) is 4.79 Å². The third-order valence-electron chi connectivity index (χ3n) is 2.88. The van der Waals surface area contributed by atoms with Gasteiger partial charge in [0.15, 0.2) is 0 Å². The molecule has 1 aromatic carbocycles. The monoisotopic (exact) mass is 213 g/mol. The Balaban J connectivity index is 2.42. The average Bonchev–Trinajstić information content (AvgIpc) is 2.30. The number of hydrogen-bond acceptors (Lipinski definition) is 1. The fraction of sp³-hybridized carbons (Fsp3) is 0.214. The number of nitrogens with two attached hydrogens (primary N) is 1. The maximum Gasteiger partial charge on any atom is 0.218 e. The third-order valence-corrected chi connectivity index (χ3v) is 2.88. The summed E-state index contributed by atoms with van der Waals surface area (Å²) in [7, 11) is 0. The van der Waals surface area contributed by atoms with Crippen LogP contribution < -0.4 is 5.73 Å². The Morgan fingerprint density at radius 2 is 1.81 bits per heavy atom. The molecule has 0 atom stereocenters. The molecule has 0 saturated carbocycles. The fourth-order valence-corrected chi connectivity index (χ4v) is 2.14. The van der Waals surface area contributed by atoms with Gasteiger partial charge in [0.1, 0.15) is 0 Å². The predicted molar refractivity (Wildman–Crippen MR) is 64.8 cm³/mol. The number of benzene rings is 1. The molecule has 0 heterocycles. The molecular weight excluding hydrogens is 198 g/mol.